The van der Waals surface area contributed by atoms with E-state index in [1.165, 1.54) is 19.3 Å². The molecule has 0 atom stereocenters. The molecule has 0 radical (unpaired) electrons. The molecule has 0 bridgehead atoms. The summed E-state index contributed by atoms with van der Waals surface area (Å²) in [7, 11) is 0. The lowest BCUT2D eigenvalue weighted by atomic mass is 9.83. The highest BCUT2D eigenvalue weighted by molar-refractivity contribution is 5.16. The highest BCUT2D eigenvalue weighted by Gasteiger charge is 2.22. The van der Waals surface area contributed by atoms with E-state index < -0.39 is 0 Å². The number of aromatic nitrogens is 1. The largest absolute Gasteiger partial charge is 0.432 e. The van der Waals surface area contributed by atoms with Gasteiger partial charge in [0.05, 0.1) is 5.69 Å². The third-order valence-corrected chi connectivity index (χ3v) is 2.06. The Labute approximate surface area is 59.2 Å². The minimum atomic E-state index is 0.293. The van der Waals surface area contributed by atoms with Crippen LogP contribution < -0.4 is 5.73 Å². The van der Waals surface area contributed by atoms with Crippen molar-refractivity contribution in [2.75, 3.05) is 5.73 Å². The van der Waals surface area contributed by atoms with E-state index in [2.05, 4.69) is 4.98 Å². The monoisotopic (exact) mass is 138 g/mol. The predicted molar refractivity (Wildman–Crippen MR) is 37.5 cm³/mol. The third kappa shape index (κ3) is 0.781. The van der Waals surface area contributed by atoms with Crippen LogP contribution in [0.5, 0.6) is 0 Å². The molecule has 2 N–H and O–H groups in total. The van der Waals surface area contributed by atoms with Crippen molar-refractivity contribution in [1.82, 2.24) is 4.98 Å². The molecular formula is C7H10N2O. The second kappa shape index (κ2) is 2.01. The fourth-order valence-corrected chi connectivity index (χ4v) is 1.19. The first-order chi connectivity index (χ1) is 4.86. The molecule has 1 aliphatic rings. The van der Waals surface area contributed by atoms with Crippen LogP contribution in [0.15, 0.2) is 10.7 Å². The lowest BCUT2D eigenvalue weighted by Gasteiger charge is -2.22. The number of hydrogen-bond acceptors (Lipinski definition) is 3. The molecule has 0 aromatic carbocycles. The number of hydrogen-bond donors (Lipinski definition) is 1. The van der Waals surface area contributed by atoms with Crippen molar-refractivity contribution < 1.29 is 4.42 Å². The van der Waals surface area contributed by atoms with Crippen molar-refractivity contribution in [3.63, 3.8) is 0 Å². The quantitative estimate of drug-likeness (QED) is 0.640. The molecule has 1 saturated carbocycles. The molecule has 3 heteroatoms. The zero-order chi connectivity index (χ0) is 6.97. The highest BCUT2D eigenvalue weighted by atomic mass is 16.4. The normalized spacial score (nSPS) is 18.8. The molecule has 1 aromatic heterocycles. The molecule has 1 heterocycles. The van der Waals surface area contributed by atoms with Crippen LogP contribution in [0.1, 0.15) is 30.9 Å². The summed E-state index contributed by atoms with van der Waals surface area (Å²) in [6.45, 7) is 0. The molecule has 0 saturated heterocycles. The van der Waals surface area contributed by atoms with Crippen LogP contribution in [-0.4, -0.2) is 4.98 Å². The number of oxazole rings is 1. The Morgan fingerprint density at radius 2 is 2.40 bits per heavy atom. The van der Waals surface area contributed by atoms with Crippen molar-refractivity contribution in [3.05, 3.63) is 12.0 Å². The Bertz CT molecular complexity index is 227. The number of nitrogens with zero attached hydrogens (tertiary/aromatic N) is 1. The highest BCUT2D eigenvalue weighted by Crippen LogP contribution is 2.35. The number of nitrogens with two attached hydrogens (primary N) is 1. The van der Waals surface area contributed by atoms with Gasteiger partial charge in [0, 0.05) is 5.92 Å². The summed E-state index contributed by atoms with van der Waals surface area (Å²) < 4.78 is 4.89. The Morgan fingerprint density at radius 3 is 2.80 bits per heavy atom. The molecule has 3 nitrogen and oxygen atoms in total. The van der Waals surface area contributed by atoms with Gasteiger partial charge >= 0.3 is 0 Å². The summed E-state index contributed by atoms with van der Waals surface area (Å²) in [5.41, 5.74) is 6.35. The molecule has 54 valence electrons. The maximum absolute atomic E-state index is 5.32. The van der Waals surface area contributed by atoms with Crippen LogP contribution in [0.3, 0.4) is 0 Å². The van der Waals surface area contributed by atoms with E-state index >= 15 is 0 Å². The van der Waals surface area contributed by atoms with Crippen LogP contribution >= 0.6 is 0 Å². The van der Waals surface area contributed by atoms with Crippen molar-refractivity contribution in [2.45, 2.75) is 25.2 Å². The summed E-state index contributed by atoms with van der Waals surface area (Å²) in [5.74, 6) is 0.626. The SMILES string of the molecule is Nc1nc(C2CCC2)co1. The van der Waals surface area contributed by atoms with Crippen LogP contribution in [0.25, 0.3) is 0 Å². The van der Waals surface area contributed by atoms with Gasteiger partial charge in [0.25, 0.3) is 6.01 Å². The van der Waals surface area contributed by atoms with Crippen LogP contribution in [0.4, 0.5) is 6.01 Å². The van der Waals surface area contributed by atoms with E-state index in [4.69, 9.17) is 10.2 Å². The number of nitrogen functional groups attached to an aromatic ring is 1. The summed E-state index contributed by atoms with van der Waals surface area (Å²) in [5, 5.41) is 0. The smallest absolute Gasteiger partial charge is 0.292 e. The van der Waals surface area contributed by atoms with Gasteiger partial charge in [-0.15, -0.1) is 0 Å². The lowest BCUT2D eigenvalue weighted by molar-refractivity contribution is 0.409. The third-order valence-electron chi connectivity index (χ3n) is 2.06. The zero-order valence-corrected chi connectivity index (χ0v) is 5.71. The second-order valence-electron chi connectivity index (χ2n) is 2.74. The van der Waals surface area contributed by atoms with Gasteiger partial charge in [-0.2, -0.15) is 4.98 Å². The summed E-state index contributed by atoms with van der Waals surface area (Å²) in [6, 6.07) is 0.293. The Hall–Kier alpha value is -0.990. The molecule has 2 rings (SSSR count). The van der Waals surface area contributed by atoms with E-state index in [9.17, 15) is 0 Å². The predicted octanol–water partition coefficient (Wildman–Crippen LogP) is 1.52. The molecule has 0 spiro atoms. The standard InChI is InChI=1S/C7H10N2O/c8-7-9-6(4-10-7)5-2-1-3-5/h4-5H,1-3H2,(H2,8,9). The molecule has 0 amide bonds. The summed E-state index contributed by atoms with van der Waals surface area (Å²) in [4.78, 5) is 4.04. The minimum Gasteiger partial charge on any atom is -0.432 e. The van der Waals surface area contributed by atoms with E-state index in [1.54, 1.807) is 6.26 Å². The Morgan fingerprint density at radius 1 is 1.60 bits per heavy atom. The Kier molecular flexibility index (Phi) is 1.16. The van der Waals surface area contributed by atoms with E-state index in [1.807, 2.05) is 0 Å². The van der Waals surface area contributed by atoms with E-state index in [-0.39, 0.29) is 0 Å². The maximum atomic E-state index is 5.32. The van der Waals surface area contributed by atoms with E-state index in [0.29, 0.717) is 11.9 Å². The molecule has 1 aromatic rings. The van der Waals surface area contributed by atoms with E-state index in [0.717, 1.165) is 5.69 Å². The number of anilines is 1. The minimum absolute atomic E-state index is 0.293. The van der Waals surface area contributed by atoms with Gasteiger partial charge < -0.3 is 10.2 Å². The first-order valence-corrected chi connectivity index (χ1v) is 3.57. The summed E-state index contributed by atoms with van der Waals surface area (Å²) in [6.07, 6.45) is 5.47. The average molecular weight is 138 g/mol. The first-order valence-electron chi connectivity index (χ1n) is 3.57. The van der Waals surface area contributed by atoms with Gasteiger partial charge in [-0.25, -0.2) is 0 Å². The zero-order valence-electron chi connectivity index (χ0n) is 5.71. The molecule has 0 aliphatic heterocycles. The first kappa shape index (κ1) is 5.77. The Balaban J connectivity index is 2.17. The fourth-order valence-electron chi connectivity index (χ4n) is 1.19. The molecule has 10 heavy (non-hydrogen) atoms. The number of rotatable bonds is 1. The maximum Gasteiger partial charge on any atom is 0.292 e. The van der Waals surface area contributed by atoms with Crippen LogP contribution in [-0.2, 0) is 0 Å². The molecule has 1 aliphatic carbocycles. The van der Waals surface area contributed by atoms with Crippen molar-refractivity contribution in [1.29, 1.82) is 0 Å². The van der Waals surface area contributed by atoms with Gasteiger partial charge in [-0.1, -0.05) is 6.42 Å². The molecule has 1 fully saturated rings. The van der Waals surface area contributed by atoms with Gasteiger partial charge in [-0.05, 0) is 12.8 Å². The molecule has 0 unspecified atom stereocenters. The van der Waals surface area contributed by atoms with Crippen molar-refractivity contribution in [3.8, 4) is 0 Å². The van der Waals surface area contributed by atoms with Gasteiger partial charge in [0.1, 0.15) is 6.26 Å². The van der Waals surface area contributed by atoms with Crippen molar-refractivity contribution in [2.24, 2.45) is 0 Å². The average Bonchev–Trinajstić information content (AvgIpc) is 2.10. The fraction of sp³-hybridized carbons (Fsp3) is 0.571. The van der Waals surface area contributed by atoms with Crippen LogP contribution in [0, 0.1) is 0 Å². The second-order valence-corrected chi connectivity index (χ2v) is 2.74. The summed E-state index contributed by atoms with van der Waals surface area (Å²) >= 11 is 0. The topological polar surface area (TPSA) is 52.0 Å². The molecular weight excluding hydrogens is 128 g/mol. The van der Waals surface area contributed by atoms with Gasteiger partial charge in [0.2, 0.25) is 0 Å². The lowest BCUT2D eigenvalue weighted by Crippen LogP contribution is -2.08. The van der Waals surface area contributed by atoms with Gasteiger partial charge in [-0.3, -0.25) is 0 Å². The van der Waals surface area contributed by atoms with Crippen LogP contribution in [0.2, 0.25) is 0 Å². The van der Waals surface area contributed by atoms with Gasteiger partial charge in [0.15, 0.2) is 0 Å². The van der Waals surface area contributed by atoms with Crippen molar-refractivity contribution >= 4 is 6.01 Å².